The van der Waals surface area contributed by atoms with E-state index < -0.39 is 0 Å². The average Bonchev–Trinajstić information content (AvgIpc) is 2.26. The standard InChI is InChI=1S/C11H8N3/c12-6-9(7-13)5-10-3-1-2-4-11(10)8-14/h1-3,5H,8,14H2. The van der Waals surface area contributed by atoms with Crippen molar-refractivity contribution in [3.63, 3.8) is 0 Å². The van der Waals surface area contributed by atoms with Gasteiger partial charge in [-0.25, -0.2) is 0 Å². The third-order valence-corrected chi connectivity index (χ3v) is 1.72. The number of allylic oxidation sites excluding steroid dienone is 1. The normalized spacial score (nSPS) is 8.50. The Bertz CT molecular complexity index is 417. The Morgan fingerprint density at radius 2 is 2.21 bits per heavy atom. The quantitative estimate of drug-likeness (QED) is 0.702. The van der Waals surface area contributed by atoms with Crippen LogP contribution in [-0.2, 0) is 6.54 Å². The summed E-state index contributed by atoms with van der Waals surface area (Å²) in [7, 11) is 0. The molecule has 0 unspecified atom stereocenters. The van der Waals surface area contributed by atoms with E-state index in [0.717, 1.165) is 11.1 Å². The molecule has 0 fully saturated rings. The highest BCUT2D eigenvalue weighted by atomic mass is 14.5. The number of hydrogen-bond donors (Lipinski definition) is 1. The fourth-order valence-corrected chi connectivity index (χ4v) is 1.04. The van der Waals surface area contributed by atoms with E-state index in [-0.39, 0.29) is 5.57 Å². The van der Waals surface area contributed by atoms with Crippen LogP contribution in [-0.4, -0.2) is 0 Å². The van der Waals surface area contributed by atoms with Crippen LogP contribution >= 0.6 is 0 Å². The first-order valence-corrected chi connectivity index (χ1v) is 4.03. The van der Waals surface area contributed by atoms with E-state index in [2.05, 4.69) is 6.07 Å². The van der Waals surface area contributed by atoms with Gasteiger partial charge in [0.05, 0.1) is 0 Å². The molecule has 67 valence electrons. The molecule has 0 amide bonds. The van der Waals surface area contributed by atoms with Crippen molar-refractivity contribution in [2.75, 3.05) is 0 Å². The second-order valence-electron chi connectivity index (χ2n) is 2.59. The van der Waals surface area contributed by atoms with Gasteiger partial charge in [0.25, 0.3) is 0 Å². The van der Waals surface area contributed by atoms with E-state index in [0.29, 0.717) is 6.54 Å². The molecule has 0 aromatic heterocycles. The lowest BCUT2D eigenvalue weighted by molar-refractivity contribution is 1.06. The maximum atomic E-state index is 8.57. The first-order chi connectivity index (χ1) is 6.81. The second-order valence-corrected chi connectivity index (χ2v) is 2.59. The minimum atomic E-state index is 0.0688. The van der Waals surface area contributed by atoms with Gasteiger partial charge in [-0.2, -0.15) is 10.5 Å². The lowest BCUT2D eigenvalue weighted by Gasteiger charge is -2.00. The van der Waals surface area contributed by atoms with Crippen LogP contribution < -0.4 is 5.73 Å². The molecule has 1 rings (SSSR count). The highest BCUT2D eigenvalue weighted by Gasteiger charge is 1.99. The molecule has 0 saturated carbocycles. The van der Waals surface area contributed by atoms with Gasteiger partial charge < -0.3 is 5.73 Å². The van der Waals surface area contributed by atoms with Crippen LogP contribution in [0.25, 0.3) is 6.08 Å². The van der Waals surface area contributed by atoms with Gasteiger partial charge in [0.1, 0.15) is 17.7 Å². The zero-order chi connectivity index (χ0) is 10.4. The molecule has 0 aliphatic rings. The van der Waals surface area contributed by atoms with Crippen LogP contribution in [0.4, 0.5) is 0 Å². The first kappa shape index (κ1) is 9.98. The van der Waals surface area contributed by atoms with Crippen LogP contribution in [0.1, 0.15) is 11.1 Å². The molecule has 0 atom stereocenters. The smallest absolute Gasteiger partial charge is 0.130 e. The van der Waals surface area contributed by atoms with Crippen molar-refractivity contribution in [2.45, 2.75) is 6.54 Å². The number of rotatable bonds is 2. The Morgan fingerprint density at radius 3 is 2.79 bits per heavy atom. The summed E-state index contributed by atoms with van der Waals surface area (Å²) in [6, 6.07) is 11.9. The monoisotopic (exact) mass is 182 g/mol. The third-order valence-electron chi connectivity index (χ3n) is 1.72. The SMILES string of the molecule is N#CC(C#N)=Cc1ccc[c]c1CN. The Morgan fingerprint density at radius 1 is 1.50 bits per heavy atom. The van der Waals surface area contributed by atoms with Crippen molar-refractivity contribution in [1.29, 1.82) is 10.5 Å². The van der Waals surface area contributed by atoms with Gasteiger partial charge in [0.15, 0.2) is 0 Å². The van der Waals surface area contributed by atoms with E-state index in [9.17, 15) is 0 Å². The Hall–Kier alpha value is -2.10. The van der Waals surface area contributed by atoms with E-state index >= 15 is 0 Å². The Kier molecular flexibility index (Phi) is 3.43. The molecule has 0 bridgehead atoms. The second kappa shape index (κ2) is 4.81. The van der Waals surface area contributed by atoms with Crippen LogP contribution in [0.5, 0.6) is 0 Å². The van der Waals surface area contributed by atoms with Gasteiger partial charge >= 0.3 is 0 Å². The van der Waals surface area contributed by atoms with Crippen molar-refractivity contribution in [3.8, 4) is 12.1 Å². The topological polar surface area (TPSA) is 73.6 Å². The third kappa shape index (κ3) is 2.20. The predicted molar refractivity (Wildman–Crippen MR) is 52.4 cm³/mol. The van der Waals surface area contributed by atoms with Crippen molar-refractivity contribution in [3.05, 3.63) is 41.0 Å². The predicted octanol–water partition coefficient (Wildman–Crippen LogP) is 1.38. The maximum absolute atomic E-state index is 8.57. The minimum Gasteiger partial charge on any atom is -0.326 e. The highest BCUT2D eigenvalue weighted by Crippen LogP contribution is 2.11. The molecule has 14 heavy (non-hydrogen) atoms. The van der Waals surface area contributed by atoms with Gasteiger partial charge in [-0.1, -0.05) is 18.2 Å². The number of nitriles is 2. The van der Waals surface area contributed by atoms with E-state index in [1.165, 1.54) is 6.08 Å². The largest absolute Gasteiger partial charge is 0.326 e. The molecule has 0 saturated heterocycles. The van der Waals surface area contributed by atoms with E-state index in [1.807, 2.05) is 0 Å². The fraction of sp³-hybridized carbons (Fsp3) is 0.0909. The molecule has 3 nitrogen and oxygen atoms in total. The number of benzene rings is 1. The number of hydrogen-bond acceptors (Lipinski definition) is 3. The molecule has 0 aliphatic carbocycles. The molecular formula is C11H8N3. The highest BCUT2D eigenvalue weighted by molar-refractivity contribution is 5.63. The first-order valence-electron chi connectivity index (χ1n) is 4.03. The van der Waals surface area contributed by atoms with Crippen molar-refractivity contribution < 1.29 is 0 Å². The molecule has 0 spiro atoms. The summed E-state index contributed by atoms with van der Waals surface area (Å²) in [5.74, 6) is 0. The van der Waals surface area contributed by atoms with Gasteiger partial charge in [-0.15, -0.1) is 0 Å². The lowest BCUT2D eigenvalue weighted by Crippen LogP contribution is -1.98. The maximum Gasteiger partial charge on any atom is 0.130 e. The van der Waals surface area contributed by atoms with Crippen LogP contribution in [0, 0.1) is 28.7 Å². The zero-order valence-corrected chi connectivity index (χ0v) is 7.49. The molecule has 1 radical (unpaired) electrons. The summed E-state index contributed by atoms with van der Waals surface area (Å²) in [5, 5.41) is 17.1. The van der Waals surface area contributed by atoms with Crippen molar-refractivity contribution in [1.82, 2.24) is 0 Å². The fourth-order valence-electron chi connectivity index (χ4n) is 1.04. The van der Waals surface area contributed by atoms with Gasteiger partial charge in [-0.3, -0.25) is 0 Å². The molecule has 0 aliphatic heterocycles. The number of nitrogens with two attached hydrogens (primary N) is 1. The zero-order valence-electron chi connectivity index (χ0n) is 7.49. The average molecular weight is 182 g/mol. The van der Waals surface area contributed by atoms with Crippen LogP contribution in [0.2, 0.25) is 0 Å². The van der Waals surface area contributed by atoms with Crippen LogP contribution in [0.3, 0.4) is 0 Å². The molecule has 1 aromatic carbocycles. The Labute approximate surface area is 82.7 Å². The van der Waals surface area contributed by atoms with Gasteiger partial charge in [0, 0.05) is 6.54 Å². The lowest BCUT2D eigenvalue weighted by atomic mass is 10.1. The summed E-state index contributed by atoms with van der Waals surface area (Å²) < 4.78 is 0. The van der Waals surface area contributed by atoms with Crippen molar-refractivity contribution in [2.24, 2.45) is 5.73 Å². The Balaban J connectivity index is 3.16. The summed E-state index contributed by atoms with van der Waals surface area (Å²) in [6.45, 7) is 0.344. The summed E-state index contributed by atoms with van der Waals surface area (Å²) >= 11 is 0. The van der Waals surface area contributed by atoms with E-state index in [4.69, 9.17) is 16.3 Å². The molecule has 1 aromatic rings. The van der Waals surface area contributed by atoms with Crippen LogP contribution in [0.15, 0.2) is 23.8 Å². The van der Waals surface area contributed by atoms with Crippen molar-refractivity contribution >= 4 is 6.08 Å². The number of nitrogens with zero attached hydrogens (tertiary/aromatic N) is 2. The van der Waals surface area contributed by atoms with Gasteiger partial charge in [0.2, 0.25) is 0 Å². The molecular weight excluding hydrogens is 174 g/mol. The van der Waals surface area contributed by atoms with E-state index in [1.54, 1.807) is 30.3 Å². The summed E-state index contributed by atoms with van der Waals surface area (Å²) in [4.78, 5) is 0. The summed E-state index contributed by atoms with van der Waals surface area (Å²) in [5.41, 5.74) is 7.12. The molecule has 3 heteroatoms. The van der Waals surface area contributed by atoms with Gasteiger partial charge in [-0.05, 0) is 23.3 Å². The molecule has 0 heterocycles. The molecule has 2 N–H and O–H groups in total. The summed E-state index contributed by atoms with van der Waals surface area (Å²) in [6.07, 6.45) is 1.51. The minimum absolute atomic E-state index is 0.0688.